The van der Waals surface area contributed by atoms with E-state index in [1.165, 1.54) is 13.5 Å². The third-order valence-electron chi connectivity index (χ3n) is 1.96. The maximum absolute atomic E-state index is 10.9. The third-order valence-corrected chi connectivity index (χ3v) is 1.96. The SMILES string of the molecule is CCCCC(CC(=O)OC)NC. The van der Waals surface area contributed by atoms with E-state index in [0.29, 0.717) is 6.42 Å². The Morgan fingerprint density at radius 2 is 2.25 bits per heavy atom. The van der Waals surface area contributed by atoms with Gasteiger partial charge in [-0.2, -0.15) is 0 Å². The van der Waals surface area contributed by atoms with Crippen LogP contribution in [0.25, 0.3) is 0 Å². The van der Waals surface area contributed by atoms with E-state index in [4.69, 9.17) is 0 Å². The topological polar surface area (TPSA) is 38.3 Å². The van der Waals surface area contributed by atoms with Crippen molar-refractivity contribution in [3.05, 3.63) is 0 Å². The molecule has 0 heterocycles. The fraction of sp³-hybridized carbons (Fsp3) is 0.889. The van der Waals surface area contributed by atoms with Crippen LogP contribution in [0.1, 0.15) is 32.6 Å². The molecule has 0 radical (unpaired) electrons. The Morgan fingerprint density at radius 1 is 1.58 bits per heavy atom. The van der Waals surface area contributed by atoms with E-state index in [1.807, 2.05) is 7.05 Å². The first kappa shape index (κ1) is 11.4. The summed E-state index contributed by atoms with van der Waals surface area (Å²) in [5.41, 5.74) is 0. The number of nitrogens with one attached hydrogen (secondary N) is 1. The Kier molecular flexibility index (Phi) is 6.76. The van der Waals surface area contributed by atoms with Gasteiger partial charge in [0, 0.05) is 6.04 Å². The van der Waals surface area contributed by atoms with Crippen LogP contribution in [0.2, 0.25) is 0 Å². The number of unbranched alkanes of at least 4 members (excludes halogenated alkanes) is 1. The van der Waals surface area contributed by atoms with Crippen molar-refractivity contribution in [2.45, 2.75) is 38.6 Å². The van der Waals surface area contributed by atoms with E-state index in [0.717, 1.165) is 12.8 Å². The van der Waals surface area contributed by atoms with Crippen molar-refractivity contribution in [1.29, 1.82) is 0 Å². The lowest BCUT2D eigenvalue weighted by Crippen LogP contribution is -2.28. The molecule has 1 N–H and O–H groups in total. The molecule has 0 fully saturated rings. The second-order valence-electron chi connectivity index (χ2n) is 2.91. The Morgan fingerprint density at radius 3 is 2.67 bits per heavy atom. The van der Waals surface area contributed by atoms with Crippen molar-refractivity contribution in [2.24, 2.45) is 0 Å². The van der Waals surface area contributed by atoms with Gasteiger partial charge in [-0.05, 0) is 13.5 Å². The second kappa shape index (κ2) is 7.10. The van der Waals surface area contributed by atoms with Crippen LogP contribution in [0.4, 0.5) is 0 Å². The van der Waals surface area contributed by atoms with Crippen LogP contribution in [0.3, 0.4) is 0 Å². The van der Waals surface area contributed by atoms with E-state index in [9.17, 15) is 4.79 Å². The number of carbonyl (C=O) groups is 1. The summed E-state index contributed by atoms with van der Waals surface area (Å²) in [6.45, 7) is 2.14. The van der Waals surface area contributed by atoms with Gasteiger partial charge in [-0.3, -0.25) is 4.79 Å². The molecule has 0 saturated carbocycles. The first-order chi connectivity index (χ1) is 5.74. The molecule has 0 saturated heterocycles. The van der Waals surface area contributed by atoms with Gasteiger partial charge in [0.05, 0.1) is 13.5 Å². The molecule has 0 aromatic heterocycles. The van der Waals surface area contributed by atoms with Crippen molar-refractivity contribution in [3.63, 3.8) is 0 Å². The molecule has 0 aliphatic carbocycles. The van der Waals surface area contributed by atoms with Crippen LogP contribution in [0.15, 0.2) is 0 Å². The van der Waals surface area contributed by atoms with Crippen LogP contribution < -0.4 is 5.32 Å². The average Bonchev–Trinajstić information content (AvgIpc) is 2.11. The molecule has 0 rings (SSSR count). The zero-order valence-electron chi connectivity index (χ0n) is 8.22. The van der Waals surface area contributed by atoms with Gasteiger partial charge in [0.1, 0.15) is 0 Å². The molecule has 0 spiro atoms. The summed E-state index contributed by atoms with van der Waals surface area (Å²) in [7, 11) is 3.30. The monoisotopic (exact) mass is 173 g/mol. The summed E-state index contributed by atoms with van der Waals surface area (Å²) >= 11 is 0. The molecule has 0 amide bonds. The second-order valence-corrected chi connectivity index (χ2v) is 2.91. The van der Waals surface area contributed by atoms with Gasteiger partial charge >= 0.3 is 5.97 Å². The van der Waals surface area contributed by atoms with E-state index in [1.54, 1.807) is 0 Å². The smallest absolute Gasteiger partial charge is 0.307 e. The summed E-state index contributed by atoms with van der Waals surface area (Å²) in [5.74, 6) is -0.134. The maximum Gasteiger partial charge on any atom is 0.307 e. The maximum atomic E-state index is 10.9. The molecule has 0 aromatic carbocycles. The number of esters is 1. The Labute approximate surface area is 74.5 Å². The highest BCUT2D eigenvalue weighted by atomic mass is 16.5. The normalized spacial score (nSPS) is 12.6. The number of methoxy groups -OCH3 is 1. The zero-order valence-corrected chi connectivity index (χ0v) is 8.22. The molecule has 3 heteroatoms. The van der Waals surface area contributed by atoms with Gasteiger partial charge in [-0.1, -0.05) is 19.8 Å². The van der Waals surface area contributed by atoms with Gasteiger partial charge in [0.2, 0.25) is 0 Å². The van der Waals surface area contributed by atoms with Crippen molar-refractivity contribution < 1.29 is 9.53 Å². The molecular weight excluding hydrogens is 154 g/mol. The lowest BCUT2D eigenvalue weighted by atomic mass is 10.1. The molecule has 0 aliphatic heterocycles. The fourth-order valence-electron chi connectivity index (χ4n) is 1.08. The summed E-state index contributed by atoms with van der Waals surface area (Å²) < 4.78 is 4.58. The minimum atomic E-state index is -0.134. The fourth-order valence-corrected chi connectivity index (χ4v) is 1.08. The summed E-state index contributed by atoms with van der Waals surface area (Å²) in [5, 5.41) is 3.10. The molecule has 72 valence electrons. The standard InChI is InChI=1S/C9H19NO2/c1-4-5-6-8(10-2)7-9(11)12-3/h8,10H,4-7H2,1-3H3. The number of rotatable bonds is 6. The van der Waals surface area contributed by atoms with Gasteiger partial charge in [0.25, 0.3) is 0 Å². The lowest BCUT2D eigenvalue weighted by molar-refractivity contribution is -0.141. The summed E-state index contributed by atoms with van der Waals surface area (Å²) in [6.07, 6.45) is 3.84. The average molecular weight is 173 g/mol. The predicted molar refractivity (Wildman–Crippen MR) is 49.0 cm³/mol. The first-order valence-corrected chi connectivity index (χ1v) is 4.48. The van der Waals surface area contributed by atoms with Crippen LogP contribution in [-0.2, 0) is 9.53 Å². The number of ether oxygens (including phenoxy) is 1. The van der Waals surface area contributed by atoms with Crippen LogP contribution >= 0.6 is 0 Å². The Balaban J connectivity index is 3.59. The van der Waals surface area contributed by atoms with Crippen LogP contribution in [0.5, 0.6) is 0 Å². The highest BCUT2D eigenvalue weighted by Gasteiger charge is 2.10. The van der Waals surface area contributed by atoms with E-state index in [-0.39, 0.29) is 12.0 Å². The molecule has 12 heavy (non-hydrogen) atoms. The van der Waals surface area contributed by atoms with Crippen molar-refractivity contribution in [1.82, 2.24) is 5.32 Å². The van der Waals surface area contributed by atoms with E-state index < -0.39 is 0 Å². The molecule has 1 unspecified atom stereocenters. The third kappa shape index (κ3) is 5.13. The van der Waals surface area contributed by atoms with Crippen LogP contribution in [-0.4, -0.2) is 26.2 Å². The van der Waals surface area contributed by atoms with Crippen molar-refractivity contribution in [2.75, 3.05) is 14.2 Å². The summed E-state index contributed by atoms with van der Waals surface area (Å²) in [6, 6.07) is 0.275. The van der Waals surface area contributed by atoms with E-state index >= 15 is 0 Å². The van der Waals surface area contributed by atoms with E-state index in [2.05, 4.69) is 17.0 Å². The number of hydrogen-bond donors (Lipinski definition) is 1. The zero-order chi connectivity index (χ0) is 9.40. The lowest BCUT2D eigenvalue weighted by Gasteiger charge is -2.13. The van der Waals surface area contributed by atoms with Gasteiger partial charge in [0.15, 0.2) is 0 Å². The number of carbonyl (C=O) groups excluding carboxylic acids is 1. The van der Waals surface area contributed by atoms with Crippen molar-refractivity contribution in [3.8, 4) is 0 Å². The highest BCUT2D eigenvalue weighted by molar-refractivity contribution is 5.69. The quantitative estimate of drug-likeness (QED) is 0.616. The number of hydrogen-bond acceptors (Lipinski definition) is 3. The first-order valence-electron chi connectivity index (χ1n) is 4.48. The summed E-state index contributed by atoms with van der Waals surface area (Å²) in [4.78, 5) is 10.9. The molecular formula is C9H19NO2. The molecule has 3 nitrogen and oxygen atoms in total. The molecule has 0 aliphatic rings. The molecule has 0 aromatic rings. The highest BCUT2D eigenvalue weighted by Crippen LogP contribution is 2.04. The van der Waals surface area contributed by atoms with Gasteiger partial charge in [-0.15, -0.1) is 0 Å². The minimum Gasteiger partial charge on any atom is -0.469 e. The van der Waals surface area contributed by atoms with Gasteiger partial charge < -0.3 is 10.1 Å². The van der Waals surface area contributed by atoms with Crippen LogP contribution in [0, 0.1) is 0 Å². The Bertz CT molecular complexity index is 126. The minimum absolute atomic E-state index is 0.134. The van der Waals surface area contributed by atoms with Gasteiger partial charge in [-0.25, -0.2) is 0 Å². The Hall–Kier alpha value is -0.570. The molecule has 0 bridgehead atoms. The predicted octanol–water partition coefficient (Wildman–Crippen LogP) is 1.33. The van der Waals surface area contributed by atoms with Crippen molar-refractivity contribution >= 4 is 5.97 Å². The molecule has 1 atom stereocenters. The largest absolute Gasteiger partial charge is 0.469 e.